The Morgan fingerprint density at radius 2 is 1.94 bits per heavy atom. The number of piperazine rings is 1. The molecule has 2 heterocycles. The number of fused-ring (bicyclic) bond motifs is 1. The van der Waals surface area contributed by atoms with Crippen molar-refractivity contribution in [3.05, 3.63) is 52.0 Å². The Morgan fingerprint density at radius 1 is 1.14 bits per heavy atom. The number of halogens is 1. The number of ether oxygens (including phenoxy) is 2. The molecule has 8 nitrogen and oxygen atoms in total. The molecule has 0 radical (unpaired) electrons. The average Bonchev–Trinajstić information content (AvgIpc) is 2.84. The number of anilines is 1. The number of hydrazone groups is 1. The highest BCUT2D eigenvalue weighted by atomic mass is 35.5. The fraction of sp³-hybridized carbons (Fsp3) is 0.500. The summed E-state index contributed by atoms with van der Waals surface area (Å²) in [7, 11) is 3.29. The van der Waals surface area contributed by atoms with E-state index in [9.17, 15) is 0 Å². The van der Waals surface area contributed by atoms with Gasteiger partial charge in [-0.05, 0) is 68.0 Å². The second-order valence-corrected chi connectivity index (χ2v) is 9.87. The minimum atomic E-state index is 0.199. The SMILES string of the molecule is COc1cc(N2CCN3C(CCC[C@@H]3c3ccc(OC/C(N)=N/N(C)N)c(C)c3C)C2)ccc1Cl. The lowest BCUT2D eigenvalue weighted by Crippen LogP contribution is -2.56. The highest BCUT2D eigenvalue weighted by Crippen LogP contribution is 2.40. The van der Waals surface area contributed by atoms with Crippen LogP contribution in [0.4, 0.5) is 5.69 Å². The Morgan fingerprint density at radius 3 is 2.69 bits per heavy atom. The predicted octanol–water partition coefficient (Wildman–Crippen LogP) is 3.84. The van der Waals surface area contributed by atoms with Crippen molar-refractivity contribution in [3.63, 3.8) is 0 Å². The molecule has 0 aromatic heterocycles. The molecule has 4 N–H and O–H groups in total. The summed E-state index contributed by atoms with van der Waals surface area (Å²) in [6.45, 7) is 7.52. The molecule has 2 aromatic rings. The number of hydrogen-bond donors (Lipinski definition) is 2. The number of benzene rings is 2. The van der Waals surface area contributed by atoms with Crippen LogP contribution in [0.3, 0.4) is 0 Å². The van der Waals surface area contributed by atoms with Gasteiger partial charge in [0.2, 0.25) is 0 Å². The van der Waals surface area contributed by atoms with E-state index in [1.165, 1.54) is 41.2 Å². The van der Waals surface area contributed by atoms with E-state index < -0.39 is 0 Å². The van der Waals surface area contributed by atoms with Gasteiger partial charge in [0.1, 0.15) is 18.1 Å². The zero-order valence-corrected chi connectivity index (χ0v) is 21.9. The van der Waals surface area contributed by atoms with Gasteiger partial charge in [-0.3, -0.25) is 4.90 Å². The molecular weight excluding hydrogens is 464 g/mol. The predicted molar refractivity (Wildman–Crippen MR) is 142 cm³/mol. The van der Waals surface area contributed by atoms with E-state index >= 15 is 0 Å². The second kappa shape index (κ2) is 10.9. The Hall–Kier alpha value is -2.68. The lowest BCUT2D eigenvalue weighted by Gasteiger charge is -2.49. The number of hydrazine groups is 1. The van der Waals surface area contributed by atoms with Crippen LogP contribution in [0.5, 0.6) is 11.5 Å². The minimum absolute atomic E-state index is 0.199. The Balaban J connectivity index is 1.48. The third-order valence-corrected chi connectivity index (χ3v) is 7.56. The first kappa shape index (κ1) is 25.4. The molecule has 0 aliphatic carbocycles. The van der Waals surface area contributed by atoms with E-state index in [1.54, 1.807) is 14.2 Å². The van der Waals surface area contributed by atoms with Gasteiger partial charge in [0.25, 0.3) is 0 Å². The van der Waals surface area contributed by atoms with Crippen molar-refractivity contribution in [3.8, 4) is 11.5 Å². The van der Waals surface area contributed by atoms with Crippen molar-refractivity contribution in [1.82, 2.24) is 10.0 Å². The molecule has 0 amide bonds. The molecule has 2 aliphatic rings. The second-order valence-electron chi connectivity index (χ2n) is 9.46. The van der Waals surface area contributed by atoms with Crippen LogP contribution in [0.15, 0.2) is 35.4 Å². The van der Waals surface area contributed by atoms with Gasteiger partial charge >= 0.3 is 0 Å². The monoisotopic (exact) mass is 500 g/mol. The molecule has 0 spiro atoms. The Bertz CT molecular complexity index is 1080. The molecule has 35 heavy (non-hydrogen) atoms. The van der Waals surface area contributed by atoms with Gasteiger partial charge in [-0.2, -0.15) is 0 Å². The number of piperidine rings is 1. The van der Waals surface area contributed by atoms with Crippen molar-refractivity contribution < 1.29 is 9.47 Å². The summed E-state index contributed by atoms with van der Waals surface area (Å²) in [6, 6.07) is 11.3. The maximum atomic E-state index is 6.25. The summed E-state index contributed by atoms with van der Waals surface area (Å²) in [5.41, 5.74) is 10.9. The third-order valence-electron chi connectivity index (χ3n) is 7.24. The van der Waals surface area contributed by atoms with Gasteiger partial charge < -0.3 is 20.1 Å². The maximum absolute atomic E-state index is 6.25. The first-order valence-electron chi connectivity index (χ1n) is 12.2. The number of methoxy groups -OCH3 is 1. The lowest BCUT2D eigenvalue weighted by molar-refractivity contribution is 0.0712. The van der Waals surface area contributed by atoms with Crippen LogP contribution in [0.2, 0.25) is 5.02 Å². The van der Waals surface area contributed by atoms with Crippen molar-refractivity contribution in [2.75, 3.05) is 45.3 Å². The van der Waals surface area contributed by atoms with Crippen LogP contribution >= 0.6 is 11.6 Å². The van der Waals surface area contributed by atoms with Gasteiger partial charge in [0.15, 0.2) is 5.84 Å². The summed E-state index contributed by atoms with van der Waals surface area (Å²) < 4.78 is 11.4. The Labute approximate surface area is 213 Å². The quantitative estimate of drug-likeness (QED) is 0.258. The van der Waals surface area contributed by atoms with Gasteiger partial charge in [-0.1, -0.05) is 17.7 Å². The molecule has 2 aromatic carbocycles. The third kappa shape index (κ3) is 5.60. The number of nitrogens with two attached hydrogens (primary N) is 2. The van der Waals surface area contributed by atoms with Crippen molar-refractivity contribution in [2.45, 2.75) is 45.2 Å². The fourth-order valence-electron chi connectivity index (χ4n) is 5.38. The molecule has 2 atom stereocenters. The van der Waals surface area contributed by atoms with Crippen LogP contribution in [-0.2, 0) is 0 Å². The van der Waals surface area contributed by atoms with Crippen molar-refractivity contribution in [1.29, 1.82) is 0 Å². The van der Waals surface area contributed by atoms with Gasteiger partial charge in [0.05, 0.1) is 12.1 Å². The van der Waals surface area contributed by atoms with E-state index in [2.05, 4.69) is 46.9 Å². The normalized spacial score (nSPS) is 21.0. The standard InChI is InChI=1S/C26H37ClN6O2/c1-17-18(2)24(35-16-26(28)30-31(3)29)11-9-21(17)23-7-5-6-20-15-32(12-13-33(20)23)19-8-10-22(27)25(14-19)34-4/h8-11,14,20,23H,5-7,12-13,15-16,29H2,1-4H3,(H2,28,30)/t20?,23-/m1/s1. The molecule has 4 rings (SSSR count). The van der Waals surface area contributed by atoms with E-state index in [1.807, 2.05) is 12.1 Å². The van der Waals surface area contributed by atoms with E-state index in [0.29, 0.717) is 22.9 Å². The highest BCUT2D eigenvalue weighted by molar-refractivity contribution is 6.32. The van der Waals surface area contributed by atoms with Crippen molar-refractivity contribution >= 4 is 23.1 Å². The number of hydrogen-bond acceptors (Lipinski definition) is 7. The van der Waals surface area contributed by atoms with Gasteiger partial charge in [-0.15, -0.1) is 5.10 Å². The first-order valence-corrected chi connectivity index (χ1v) is 12.5. The summed E-state index contributed by atoms with van der Waals surface area (Å²) in [5, 5.41) is 5.81. The molecule has 2 fully saturated rings. The topological polar surface area (TPSA) is 92.6 Å². The molecule has 2 aliphatic heterocycles. The summed E-state index contributed by atoms with van der Waals surface area (Å²) in [5.74, 6) is 7.42. The van der Waals surface area contributed by atoms with Crippen LogP contribution < -0.4 is 25.9 Å². The van der Waals surface area contributed by atoms with Crippen LogP contribution in [0.25, 0.3) is 0 Å². The van der Waals surface area contributed by atoms with E-state index in [4.69, 9.17) is 32.7 Å². The van der Waals surface area contributed by atoms with Crippen LogP contribution in [0.1, 0.15) is 42.0 Å². The van der Waals surface area contributed by atoms with Gasteiger partial charge in [0, 0.05) is 50.5 Å². The number of amidine groups is 1. The fourth-order valence-corrected chi connectivity index (χ4v) is 5.58. The molecule has 190 valence electrons. The van der Waals surface area contributed by atoms with E-state index in [0.717, 1.165) is 36.7 Å². The smallest absolute Gasteiger partial charge is 0.159 e. The highest BCUT2D eigenvalue weighted by Gasteiger charge is 2.36. The van der Waals surface area contributed by atoms with Gasteiger partial charge in [-0.25, -0.2) is 11.0 Å². The minimum Gasteiger partial charge on any atom is -0.495 e. The number of nitrogens with zero attached hydrogens (tertiary/aromatic N) is 4. The summed E-state index contributed by atoms with van der Waals surface area (Å²) in [6.07, 6.45) is 3.61. The molecule has 2 saturated heterocycles. The molecule has 1 unspecified atom stereocenters. The first-order chi connectivity index (χ1) is 16.8. The molecule has 0 saturated carbocycles. The summed E-state index contributed by atoms with van der Waals surface area (Å²) >= 11 is 6.25. The lowest BCUT2D eigenvalue weighted by atomic mass is 9.86. The van der Waals surface area contributed by atoms with E-state index in [-0.39, 0.29) is 6.61 Å². The molecule has 0 bridgehead atoms. The largest absolute Gasteiger partial charge is 0.495 e. The zero-order chi connectivity index (χ0) is 25.1. The average molecular weight is 501 g/mol. The number of rotatable bonds is 7. The maximum Gasteiger partial charge on any atom is 0.159 e. The van der Waals surface area contributed by atoms with Crippen molar-refractivity contribution in [2.24, 2.45) is 16.7 Å². The summed E-state index contributed by atoms with van der Waals surface area (Å²) in [4.78, 5) is 5.17. The Kier molecular flexibility index (Phi) is 7.94. The molecular formula is C26H37ClN6O2. The van der Waals surface area contributed by atoms with Crippen LogP contribution in [0, 0.1) is 13.8 Å². The van der Waals surface area contributed by atoms with Crippen LogP contribution in [-0.4, -0.2) is 62.3 Å². The molecule has 9 heteroatoms. The zero-order valence-electron chi connectivity index (χ0n) is 21.1.